The maximum atomic E-state index is 10.9. The summed E-state index contributed by atoms with van der Waals surface area (Å²) in [5, 5.41) is 15.2. The lowest BCUT2D eigenvalue weighted by molar-refractivity contribution is -0.383. The molecule has 0 unspecified atom stereocenters. The van der Waals surface area contributed by atoms with Gasteiger partial charge in [0.05, 0.1) is 4.92 Å². The Morgan fingerprint density at radius 3 is 2.84 bits per heavy atom. The summed E-state index contributed by atoms with van der Waals surface area (Å²) >= 11 is 0. The molecule has 0 bridgehead atoms. The molecule has 2 aromatic rings. The number of nitrogens with two attached hydrogens (primary N) is 1. The van der Waals surface area contributed by atoms with Crippen molar-refractivity contribution in [2.75, 3.05) is 5.73 Å². The largest absolute Gasteiger partial charge is 0.393 e. The molecule has 1 heterocycles. The summed E-state index contributed by atoms with van der Waals surface area (Å²) in [6, 6.07) is 4.65. The molecule has 7 nitrogen and oxygen atoms in total. The SMILES string of the molecule is CCCc1nc(-c2ccc(N)c([N+](=O)[O-])c2)n(C)n1. The minimum atomic E-state index is -0.498. The summed E-state index contributed by atoms with van der Waals surface area (Å²) in [6.45, 7) is 2.05. The van der Waals surface area contributed by atoms with Gasteiger partial charge in [0.2, 0.25) is 0 Å². The lowest BCUT2D eigenvalue weighted by Crippen LogP contribution is -1.98. The summed E-state index contributed by atoms with van der Waals surface area (Å²) < 4.78 is 1.63. The maximum absolute atomic E-state index is 10.9. The van der Waals surface area contributed by atoms with Crippen LogP contribution in [-0.4, -0.2) is 19.7 Å². The Bertz CT molecular complexity index is 621. The van der Waals surface area contributed by atoms with Crippen molar-refractivity contribution < 1.29 is 4.92 Å². The van der Waals surface area contributed by atoms with Gasteiger partial charge in [-0.2, -0.15) is 5.10 Å². The molecule has 1 aromatic heterocycles. The minimum Gasteiger partial charge on any atom is -0.393 e. The average molecular weight is 261 g/mol. The molecule has 0 fully saturated rings. The van der Waals surface area contributed by atoms with Crippen molar-refractivity contribution in [2.24, 2.45) is 7.05 Å². The van der Waals surface area contributed by atoms with E-state index in [2.05, 4.69) is 10.1 Å². The van der Waals surface area contributed by atoms with Crippen LogP contribution in [0.1, 0.15) is 19.2 Å². The molecule has 0 amide bonds. The van der Waals surface area contributed by atoms with Crippen molar-refractivity contribution in [3.8, 4) is 11.4 Å². The molecule has 0 aliphatic rings. The summed E-state index contributed by atoms with van der Waals surface area (Å²) in [4.78, 5) is 14.8. The molecule has 0 saturated heterocycles. The van der Waals surface area contributed by atoms with Gasteiger partial charge in [0.25, 0.3) is 5.69 Å². The Morgan fingerprint density at radius 1 is 1.47 bits per heavy atom. The van der Waals surface area contributed by atoms with Crippen molar-refractivity contribution in [3.63, 3.8) is 0 Å². The van der Waals surface area contributed by atoms with Crippen molar-refractivity contribution >= 4 is 11.4 Å². The van der Waals surface area contributed by atoms with E-state index in [1.54, 1.807) is 17.8 Å². The van der Waals surface area contributed by atoms with Gasteiger partial charge in [-0.1, -0.05) is 6.92 Å². The number of hydrogen-bond acceptors (Lipinski definition) is 5. The number of benzene rings is 1. The molecular weight excluding hydrogens is 246 g/mol. The van der Waals surface area contributed by atoms with Crippen LogP contribution >= 0.6 is 0 Å². The number of nitrogens with zero attached hydrogens (tertiary/aromatic N) is 4. The van der Waals surface area contributed by atoms with Crippen molar-refractivity contribution in [1.29, 1.82) is 0 Å². The third-order valence-electron chi connectivity index (χ3n) is 2.77. The summed E-state index contributed by atoms with van der Waals surface area (Å²) in [7, 11) is 1.77. The molecule has 2 rings (SSSR count). The van der Waals surface area contributed by atoms with E-state index in [9.17, 15) is 10.1 Å². The van der Waals surface area contributed by atoms with Gasteiger partial charge in [-0.15, -0.1) is 0 Å². The molecule has 0 saturated carbocycles. The highest BCUT2D eigenvalue weighted by Gasteiger charge is 2.16. The molecule has 0 aliphatic heterocycles. The van der Waals surface area contributed by atoms with Gasteiger partial charge in [-0.05, 0) is 18.6 Å². The van der Waals surface area contributed by atoms with Crippen molar-refractivity contribution in [1.82, 2.24) is 14.8 Å². The van der Waals surface area contributed by atoms with Gasteiger partial charge in [-0.25, -0.2) is 9.67 Å². The van der Waals surface area contributed by atoms with Crippen LogP contribution in [0.15, 0.2) is 18.2 Å². The molecular formula is C12H15N5O2. The Balaban J connectivity index is 2.47. The van der Waals surface area contributed by atoms with E-state index in [4.69, 9.17) is 5.73 Å². The first-order chi connectivity index (χ1) is 9.02. The van der Waals surface area contributed by atoms with E-state index < -0.39 is 4.92 Å². The number of nitro benzene ring substituents is 1. The molecule has 0 spiro atoms. The van der Waals surface area contributed by atoms with Crippen LogP contribution in [0.5, 0.6) is 0 Å². The Kier molecular flexibility index (Phi) is 3.46. The van der Waals surface area contributed by atoms with Crippen LogP contribution < -0.4 is 5.73 Å². The minimum absolute atomic E-state index is 0.113. The van der Waals surface area contributed by atoms with Crippen LogP contribution in [0.3, 0.4) is 0 Å². The van der Waals surface area contributed by atoms with Gasteiger partial charge in [0.15, 0.2) is 11.6 Å². The highest BCUT2D eigenvalue weighted by atomic mass is 16.6. The van der Waals surface area contributed by atoms with E-state index in [0.29, 0.717) is 11.4 Å². The second-order valence-corrected chi connectivity index (χ2v) is 4.26. The van der Waals surface area contributed by atoms with E-state index >= 15 is 0 Å². The fraction of sp³-hybridized carbons (Fsp3) is 0.333. The Hall–Kier alpha value is -2.44. The highest BCUT2D eigenvalue weighted by molar-refractivity contribution is 5.68. The van der Waals surface area contributed by atoms with E-state index in [-0.39, 0.29) is 11.4 Å². The third kappa shape index (κ3) is 2.54. The highest BCUT2D eigenvalue weighted by Crippen LogP contribution is 2.27. The summed E-state index contributed by atoms with van der Waals surface area (Å²) in [6.07, 6.45) is 1.73. The second-order valence-electron chi connectivity index (χ2n) is 4.26. The standard InChI is InChI=1S/C12H15N5O2/c1-3-4-11-14-12(16(2)15-11)8-5-6-9(13)10(7-8)17(18)19/h5-7H,3-4,13H2,1-2H3. The molecule has 2 N–H and O–H groups in total. The molecule has 1 aromatic carbocycles. The number of nitro groups is 1. The fourth-order valence-corrected chi connectivity index (χ4v) is 1.86. The topological polar surface area (TPSA) is 99.9 Å². The maximum Gasteiger partial charge on any atom is 0.292 e. The molecule has 19 heavy (non-hydrogen) atoms. The Labute approximate surface area is 110 Å². The Morgan fingerprint density at radius 2 is 2.21 bits per heavy atom. The predicted octanol–water partition coefficient (Wildman–Crippen LogP) is 1.92. The number of anilines is 1. The first-order valence-electron chi connectivity index (χ1n) is 5.97. The van der Waals surface area contributed by atoms with Gasteiger partial charge < -0.3 is 5.73 Å². The zero-order chi connectivity index (χ0) is 14.0. The summed E-state index contributed by atoms with van der Waals surface area (Å²) in [5.41, 5.74) is 6.24. The molecule has 7 heteroatoms. The second kappa shape index (κ2) is 5.05. The summed E-state index contributed by atoms with van der Waals surface area (Å²) in [5.74, 6) is 1.34. The zero-order valence-corrected chi connectivity index (χ0v) is 10.8. The van der Waals surface area contributed by atoms with Gasteiger partial charge in [0, 0.05) is 25.1 Å². The molecule has 0 atom stereocenters. The van der Waals surface area contributed by atoms with E-state index in [1.807, 2.05) is 6.92 Å². The van der Waals surface area contributed by atoms with Gasteiger partial charge >= 0.3 is 0 Å². The lowest BCUT2D eigenvalue weighted by Gasteiger charge is -2.02. The molecule has 0 aliphatic carbocycles. The van der Waals surface area contributed by atoms with Gasteiger partial charge in [-0.3, -0.25) is 10.1 Å². The average Bonchev–Trinajstić information content (AvgIpc) is 2.71. The third-order valence-corrected chi connectivity index (χ3v) is 2.77. The zero-order valence-electron chi connectivity index (χ0n) is 10.8. The molecule has 0 radical (unpaired) electrons. The van der Waals surface area contributed by atoms with Crippen molar-refractivity contribution in [2.45, 2.75) is 19.8 Å². The number of rotatable bonds is 4. The van der Waals surface area contributed by atoms with Crippen LogP contribution in [0.2, 0.25) is 0 Å². The van der Waals surface area contributed by atoms with Gasteiger partial charge in [0.1, 0.15) is 5.69 Å². The van der Waals surface area contributed by atoms with Crippen LogP contribution in [0.4, 0.5) is 11.4 Å². The predicted molar refractivity (Wildman–Crippen MR) is 71.5 cm³/mol. The van der Waals surface area contributed by atoms with Crippen LogP contribution in [0.25, 0.3) is 11.4 Å². The lowest BCUT2D eigenvalue weighted by atomic mass is 10.1. The first-order valence-corrected chi connectivity index (χ1v) is 5.97. The quantitative estimate of drug-likeness (QED) is 0.515. The fourth-order valence-electron chi connectivity index (χ4n) is 1.86. The number of aryl methyl sites for hydroxylation is 2. The van der Waals surface area contributed by atoms with Crippen molar-refractivity contribution in [3.05, 3.63) is 34.1 Å². The monoisotopic (exact) mass is 261 g/mol. The van der Waals surface area contributed by atoms with E-state index in [0.717, 1.165) is 18.7 Å². The molecule has 100 valence electrons. The number of aromatic nitrogens is 3. The van der Waals surface area contributed by atoms with Crippen LogP contribution in [-0.2, 0) is 13.5 Å². The van der Waals surface area contributed by atoms with Crippen LogP contribution in [0, 0.1) is 10.1 Å². The smallest absolute Gasteiger partial charge is 0.292 e. The first kappa shape index (κ1) is 13.0. The normalized spacial score (nSPS) is 10.6. The van der Waals surface area contributed by atoms with E-state index in [1.165, 1.54) is 12.1 Å². The number of hydrogen-bond donors (Lipinski definition) is 1. The number of nitrogen functional groups attached to an aromatic ring is 1.